The number of alkyl halides is 3. The fourth-order valence-electron chi connectivity index (χ4n) is 2.41. The van der Waals surface area contributed by atoms with Gasteiger partial charge < -0.3 is 10.2 Å². The maximum Gasteiger partial charge on any atom is 0.403 e. The second-order valence-corrected chi connectivity index (χ2v) is 7.57. The Labute approximate surface area is 164 Å². The van der Waals surface area contributed by atoms with Crippen molar-refractivity contribution < 1.29 is 21.6 Å². The second-order valence-electron chi connectivity index (χ2n) is 5.73. The third-order valence-corrected chi connectivity index (χ3v) is 4.58. The van der Waals surface area contributed by atoms with Crippen LogP contribution in [0.15, 0.2) is 4.99 Å². The number of sulfonamides is 1. The molecule has 0 spiro atoms. The largest absolute Gasteiger partial charge is 0.403 e. The summed E-state index contributed by atoms with van der Waals surface area (Å²) in [5.74, 6) is 0.619. The molecular weight excluding hydrogens is 474 g/mol. The van der Waals surface area contributed by atoms with Gasteiger partial charge >= 0.3 is 6.18 Å². The lowest BCUT2D eigenvalue weighted by Crippen LogP contribution is -2.56. The Kier molecular flexibility index (Phi) is 10.6. The highest BCUT2D eigenvalue weighted by Gasteiger charge is 2.41. The number of halogens is 4. The molecule has 1 saturated heterocycles. The number of guanidine groups is 1. The molecule has 7 nitrogen and oxygen atoms in total. The third-order valence-electron chi connectivity index (χ3n) is 3.85. The molecule has 0 aromatic rings. The highest BCUT2D eigenvalue weighted by Crippen LogP contribution is 2.25. The molecule has 0 aliphatic carbocycles. The number of hydrogen-bond acceptors (Lipinski definition) is 4. The van der Waals surface area contributed by atoms with Gasteiger partial charge in [-0.1, -0.05) is 0 Å². The van der Waals surface area contributed by atoms with Crippen molar-refractivity contribution in [3.8, 4) is 0 Å². The van der Waals surface area contributed by atoms with Crippen molar-refractivity contribution in [2.24, 2.45) is 4.99 Å². The van der Waals surface area contributed by atoms with E-state index in [1.165, 1.54) is 11.8 Å². The minimum absolute atomic E-state index is 0. The maximum absolute atomic E-state index is 12.7. The summed E-state index contributed by atoms with van der Waals surface area (Å²) in [7, 11) is -1.58. The molecule has 0 radical (unpaired) electrons. The zero-order valence-corrected chi connectivity index (χ0v) is 17.8. The van der Waals surface area contributed by atoms with E-state index in [1.54, 1.807) is 7.05 Å². The Morgan fingerprint density at radius 1 is 1.20 bits per heavy atom. The Bertz CT molecular complexity index is 522. The van der Waals surface area contributed by atoms with E-state index >= 15 is 0 Å². The molecule has 1 rings (SSSR count). The third kappa shape index (κ3) is 9.24. The molecule has 0 bridgehead atoms. The van der Waals surface area contributed by atoms with Crippen LogP contribution in [-0.4, -0.2) is 89.0 Å². The number of nitrogens with zero attached hydrogens (tertiary/aromatic N) is 3. The summed E-state index contributed by atoms with van der Waals surface area (Å²) in [6, 6.07) is -1.45. The predicted molar refractivity (Wildman–Crippen MR) is 103 cm³/mol. The van der Waals surface area contributed by atoms with Gasteiger partial charge in [0.1, 0.15) is 6.04 Å². The van der Waals surface area contributed by atoms with Crippen LogP contribution in [0.5, 0.6) is 0 Å². The molecular formula is C13H27F3IN5O2S. The van der Waals surface area contributed by atoms with Gasteiger partial charge in [-0.25, -0.2) is 13.1 Å². The van der Waals surface area contributed by atoms with Crippen LogP contribution in [0.25, 0.3) is 0 Å². The van der Waals surface area contributed by atoms with E-state index in [1.807, 2.05) is 4.90 Å². The minimum Gasteiger partial charge on any atom is -0.356 e. The van der Waals surface area contributed by atoms with Crippen molar-refractivity contribution in [2.75, 3.05) is 52.6 Å². The Morgan fingerprint density at radius 3 is 2.20 bits per heavy atom. The van der Waals surface area contributed by atoms with Crippen LogP contribution >= 0.6 is 24.0 Å². The zero-order chi connectivity index (χ0) is 18.4. The molecule has 0 aromatic carbocycles. The summed E-state index contributed by atoms with van der Waals surface area (Å²) in [5, 5.41) is 3.10. The fourth-order valence-corrected chi connectivity index (χ4v) is 2.92. The van der Waals surface area contributed by atoms with Crippen molar-refractivity contribution in [3.63, 3.8) is 0 Å². The SMILES string of the molecule is CN=C(NCCCNS(C)(=O)=O)N1CCN(C(C)C(F)(F)F)CC1.I. The van der Waals surface area contributed by atoms with E-state index in [4.69, 9.17) is 0 Å². The molecule has 1 unspecified atom stereocenters. The van der Waals surface area contributed by atoms with Crippen molar-refractivity contribution in [1.82, 2.24) is 19.8 Å². The van der Waals surface area contributed by atoms with E-state index in [0.717, 1.165) is 6.26 Å². The summed E-state index contributed by atoms with van der Waals surface area (Å²) in [4.78, 5) is 7.45. The summed E-state index contributed by atoms with van der Waals surface area (Å²) < 4.78 is 62.5. The molecule has 0 aromatic heterocycles. The van der Waals surface area contributed by atoms with Gasteiger partial charge in [-0.2, -0.15) is 13.2 Å². The summed E-state index contributed by atoms with van der Waals surface area (Å²) in [6.07, 6.45) is -2.54. The number of nitrogens with one attached hydrogen (secondary N) is 2. The molecule has 1 aliphatic rings. The van der Waals surface area contributed by atoms with Crippen LogP contribution in [0.1, 0.15) is 13.3 Å². The molecule has 0 amide bonds. The Morgan fingerprint density at radius 2 is 1.76 bits per heavy atom. The predicted octanol–water partition coefficient (Wildman–Crippen LogP) is 0.688. The van der Waals surface area contributed by atoms with E-state index in [0.29, 0.717) is 51.6 Å². The van der Waals surface area contributed by atoms with Gasteiger partial charge in [0.15, 0.2) is 5.96 Å². The lowest BCUT2D eigenvalue weighted by Gasteiger charge is -2.39. The standard InChI is InChI=1S/C13H26F3N5O2S.HI/c1-11(13(14,15)16)20-7-9-21(10-8-20)12(17-2)18-5-4-6-19-24(3,22)23;/h11,19H,4-10H2,1-3H3,(H,17,18);1H. The van der Waals surface area contributed by atoms with Crippen LogP contribution in [0.3, 0.4) is 0 Å². The van der Waals surface area contributed by atoms with Crippen molar-refractivity contribution in [3.05, 3.63) is 0 Å². The Hall–Kier alpha value is -0.340. The first-order valence-electron chi connectivity index (χ1n) is 7.75. The average Bonchev–Trinajstić information content (AvgIpc) is 2.48. The molecule has 150 valence electrons. The Balaban J connectivity index is 0.00000576. The summed E-state index contributed by atoms with van der Waals surface area (Å²) in [5.41, 5.74) is 0. The first-order chi connectivity index (χ1) is 11.0. The quantitative estimate of drug-likeness (QED) is 0.243. The first-order valence-corrected chi connectivity index (χ1v) is 9.64. The minimum atomic E-state index is -4.21. The summed E-state index contributed by atoms with van der Waals surface area (Å²) >= 11 is 0. The zero-order valence-electron chi connectivity index (χ0n) is 14.6. The van der Waals surface area contributed by atoms with E-state index < -0.39 is 22.2 Å². The molecule has 1 aliphatic heterocycles. The first kappa shape index (κ1) is 24.7. The number of hydrogen-bond donors (Lipinski definition) is 2. The fraction of sp³-hybridized carbons (Fsp3) is 0.923. The normalized spacial score (nSPS) is 18.6. The monoisotopic (exact) mass is 501 g/mol. The van der Waals surface area contributed by atoms with Crippen LogP contribution in [0.2, 0.25) is 0 Å². The number of aliphatic imine (C=N–C) groups is 1. The van der Waals surface area contributed by atoms with Crippen molar-refractivity contribution in [1.29, 1.82) is 0 Å². The molecule has 1 atom stereocenters. The summed E-state index contributed by atoms with van der Waals surface area (Å²) in [6.45, 7) is 3.57. The lowest BCUT2D eigenvalue weighted by molar-refractivity contribution is -0.181. The number of piperazine rings is 1. The maximum atomic E-state index is 12.7. The molecule has 0 saturated carbocycles. The lowest BCUT2D eigenvalue weighted by atomic mass is 10.2. The van der Waals surface area contributed by atoms with E-state index in [2.05, 4.69) is 15.0 Å². The van der Waals surface area contributed by atoms with E-state index in [9.17, 15) is 21.6 Å². The van der Waals surface area contributed by atoms with Gasteiger partial charge in [-0.15, -0.1) is 24.0 Å². The topological polar surface area (TPSA) is 77.0 Å². The number of rotatable bonds is 6. The molecule has 25 heavy (non-hydrogen) atoms. The highest BCUT2D eigenvalue weighted by atomic mass is 127. The molecule has 1 fully saturated rings. The van der Waals surface area contributed by atoms with Gasteiger partial charge in [0.2, 0.25) is 10.0 Å². The van der Waals surface area contributed by atoms with Crippen molar-refractivity contribution in [2.45, 2.75) is 25.6 Å². The van der Waals surface area contributed by atoms with Gasteiger partial charge in [-0.3, -0.25) is 9.89 Å². The van der Waals surface area contributed by atoms with Crippen LogP contribution < -0.4 is 10.0 Å². The van der Waals surface area contributed by atoms with Crippen LogP contribution in [-0.2, 0) is 10.0 Å². The van der Waals surface area contributed by atoms with E-state index in [-0.39, 0.29) is 24.0 Å². The molecule has 12 heteroatoms. The smallest absolute Gasteiger partial charge is 0.356 e. The van der Waals surface area contributed by atoms with Gasteiger partial charge in [0, 0.05) is 46.3 Å². The van der Waals surface area contributed by atoms with Gasteiger partial charge in [-0.05, 0) is 13.3 Å². The van der Waals surface area contributed by atoms with Crippen molar-refractivity contribution >= 4 is 40.0 Å². The second kappa shape index (κ2) is 10.7. The molecule has 2 N–H and O–H groups in total. The van der Waals surface area contributed by atoms with Gasteiger partial charge in [0.05, 0.1) is 6.26 Å². The van der Waals surface area contributed by atoms with Gasteiger partial charge in [0.25, 0.3) is 0 Å². The highest BCUT2D eigenvalue weighted by molar-refractivity contribution is 14.0. The van der Waals surface area contributed by atoms with Crippen LogP contribution in [0, 0.1) is 0 Å². The average molecular weight is 501 g/mol. The van der Waals surface area contributed by atoms with Crippen LogP contribution in [0.4, 0.5) is 13.2 Å². The molecule has 1 heterocycles.